The summed E-state index contributed by atoms with van der Waals surface area (Å²) in [4.78, 5) is 4.72. The van der Waals surface area contributed by atoms with Gasteiger partial charge in [-0.05, 0) is 65.5 Å². The Morgan fingerprint density at radius 3 is 1.84 bits per heavy atom. The maximum atomic E-state index is 7.60. The summed E-state index contributed by atoms with van der Waals surface area (Å²) in [5.41, 5.74) is 2.20. The van der Waals surface area contributed by atoms with Gasteiger partial charge in [-0.3, -0.25) is 0 Å². The van der Waals surface area contributed by atoms with Crippen molar-refractivity contribution in [2.24, 2.45) is 0 Å². The van der Waals surface area contributed by atoms with Crippen molar-refractivity contribution in [2.75, 3.05) is 6.61 Å². The summed E-state index contributed by atoms with van der Waals surface area (Å²) < 4.78 is 14.3. The Labute approximate surface area is 237 Å². The van der Waals surface area contributed by atoms with Crippen molar-refractivity contribution in [3.05, 3.63) is 82.3 Å². The SMILES string of the molecule is C/C(=C\c1csc(C)n1)[C@@H](CCO[Si](C)(C)C(C)(C)C)O[Si](c1ccccc1)(c1ccccc1)C(C)(C)C. The summed E-state index contributed by atoms with van der Waals surface area (Å²) in [6.45, 7) is 23.5. The summed E-state index contributed by atoms with van der Waals surface area (Å²) in [7, 11) is -4.60. The van der Waals surface area contributed by atoms with Crippen LogP contribution in [-0.4, -0.2) is 34.3 Å². The number of thiazole rings is 1. The zero-order valence-electron chi connectivity index (χ0n) is 25.1. The fourth-order valence-corrected chi connectivity index (χ4v) is 11.1. The lowest BCUT2D eigenvalue weighted by Crippen LogP contribution is -2.67. The average molecular weight is 566 g/mol. The van der Waals surface area contributed by atoms with Crippen molar-refractivity contribution in [1.82, 2.24) is 4.98 Å². The van der Waals surface area contributed by atoms with E-state index in [-0.39, 0.29) is 16.2 Å². The third-order valence-corrected chi connectivity index (χ3v) is 18.3. The minimum Gasteiger partial charge on any atom is -0.417 e. The van der Waals surface area contributed by atoms with Crippen LogP contribution in [0.1, 0.15) is 65.6 Å². The van der Waals surface area contributed by atoms with E-state index >= 15 is 0 Å². The van der Waals surface area contributed by atoms with E-state index in [1.807, 2.05) is 0 Å². The molecule has 3 nitrogen and oxygen atoms in total. The molecule has 2 aromatic carbocycles. The highest BCUT2D eigenvalue weighted by molar-refractivity contribution is 7.09. The lowest BCUT2D eigenvalue weighted by molar-refractivity contribution is 0.173. The first-order valence-corrected chi connectivity index (χ1v) is 19.4. The van der Waals surface area contributed by atoms with Gasteiger partial charge in [-0.25, -0.2) is 4.98 Å². The van der Waals surface area contributed by atoms with Gasteiger partial charge in [0.25, 0.3) is 8.32 Å². The first-order chi connectivity index (χ1) is 17.7. The lowest BCUT2D eigenvalue weighted by atomic mass is 10.1. The minimum atomic E-state index is -2.72. The van der Waals surface area contributed by atoms with E-state index in [2.05, 4.69) is 141 Å². The number of rotatable bonds is 10. The predicted molar refractivity (Wildman–Crippen MR) is 171 cm³/mol. The number of aromatic nitrogens is 1. The molecule has 0 fully saturated rings. The van der Waals surface area contributed by atoms with Gasteiger partial charge in [0.05, 0.1) is 16.8 Å². The second-order valence-corrected chi connectivity index (χ2v) is 23.0. The van der Waals surface area contributed by atoms with E-state index in [0.717, 1.165) is 17.1 Å². The van der Waals surface area contributed by atoms with Gasteiger partial charge < -0.3 is 8.85 Å². The summed E-state index contributed by atoms with van der Waals surface area (Å²) in [6, 6.07) is 21.8. The highest BCUT2D eigenvalue weighted by Gasteiger charge is 2.51. The van der Waals surface area contributed by atoms with Crippen molar-refractivity contribution < 1.29 is 8.85 Å². The summed E-state index contributed by atoms with van der Waals surface area (Å²) >= 11 is 1.69. The highest BCUT2D eigenvalue weighted by atomic mass is 32.1. The largest absolute Gasteiger partial charge is 0.417 e. The molecule has 0 N–H and O–H groups in total. The van der Waals surface area contributed by atoms with Crippen LogP contribution < -0.4 is 10.4 Å². The monoisotopic (exact) mass is 565 g/mol. The zero-order valence-corrected chi connectivity index (χ0v) is 27.9. The molecule has 0 bridgehead atoms. The number of hydrogen-bond donors (Lipinski definition) is 0. The maximum absolute atomic E-state index is 7.60. The smallest absolute Gasteiger partial charge is 0.261 e. The normalized spacial score (nSPS) is 14.5. The van der Waals surface area contributed by atoms with Crippen LogP contribution in [0.25, 0.3) is 6.08 Å². The molecule has 38 heavy (non-hydrogen) atoms. The van der Waals surface area contributed by atoms with Crippen LogP contribution in [0.2, 0.25) is 23.2 Å². The molecule has 0 aliphatic heterocycles. The molecule has 0 saturated carbocycles. The van der Waals surface area contributed by atoms with Crippen molar-refractivity contribution in [3.63, 3.8) is 0 Å². The van der Waals surface area contributed by atoms with Gasteiger partial charge in [0.15, 0.2) is 8.32 Å². The van der Waals surface area contributed by atoms with Gasteiger partial charge in [-0.2, -0.15) is 0 Å². The van der Waals surface area contributed by atoms with E-state index in [1.54, 1.807) is 11.3 Å². The molecule has 1 atom stereocenters. The van der Waals surface area contributed by atoms with Gasteiger partial charge in [0, 0.05) is 12.0 Å². The number of aryl methyl sites for hydroxylation is 1. The van der Waals surface area contributed by atoms with Crippen LogP contribution in [0.5, 0.6) is 0 Å². The molecule has 1 aromatic heterocycles. The molecule has 0 saturated heterocycles. The standard InChI is InChI=1S/C32H47NO2SSi2/c1-25(23-27-24-36-26(2)33-27)30(21-22-34-37(9,10)31(3,4)5)35-38(32(6,7)8,28-17-13-11-14-18-28)29-19-15-12-16-20-29/h11-20,23-24,30H,21-22H2,1-10H3/b25-23+/t30-/m1/s1. The van der Waals surface area contributed by atoms with Gasteiger partial charge in [-0.1, -0.05) is 102 Å². The Morgan fingerprint density at radius 1 is 0.895 bits per heavy atom. The van der Waals surface area contributed by atoms with Gasteiger partial charge in [0.1, 0.15) is 0 Å². The molecule has 0 spiro atoms. The van der Waals surface area contributed by atoms with E-state index < -0.39 is 16.6 Å². The second kappa shape index (κ2) is 12.1. The van der Waals surface area contributed by atoms with Crippen LogP contribution in [-0.2, 0) is 8.85 Å². The zero-order chi connectivity index (χ0) is 28.2. The van der Waals surface area contributed by atoms with Gasteiger partial charge in [0.2, 0.25) is 0 Å². The van der Waals surface area contributed by atoms with Gasteiger partial charge >= 0.3 is 0 Å². The molecule has 0 aliphatic carbocycles. The molecule has 6 heteroatoms. The van der Waals surface area contributed by atoms with E-state index in [1.165, 1.54) is 15.9 Å². The minimum absolute atomic E-state index is 0.0897. The van der Waals surface area contributed by atoms with Gasteiger partial charge in [-0.15, -0.1) is 11.3 Å². The Morgan fingerprint density at radius 2 is 1.42 bits per heavy atom. The third-order valence-electron chi connectivity index (χ3n) is 7.91. The number of benzene rings is 2. The molecule has 0 radical (unpaired) electrons. The Bertz CT molecular complexity index is 1150. The van der Waals surface area contributed by atoms with Crippen molar-refractivity contribution >= 4 is 44.4 Å². The fraction of sp³-hybridized carbons (Fsp3) is 0.469. The van der Waals surface area contributed by atoms with Crippen LogP contribution in [0.15, 0.2) is 71.6 Å². The van der Waals surface area contributed by atoms with E-state index in [4.69, 9.17) is 13.8 Å². The Hall–Kier alpha value is -1.84. The number of hydrogen-bond acceptors (Lipinski definition) is 4. The number of nitrogens with zero attached hydrogens (tertiary/aromatic N) is 1. The molecule has 3 aromatic rings. The van der Waals surface area contributed by atoms with E-state index in [0.29, 0.717) is 6.61 Å². The topological polar surface area (TPSA) is 31.4 Å². The summed E-state index contributed by atoms with van der Waals surface area (Å²) in [5, 5.41) is 5.88. The van der Waals surface area contributed by atoms with Crippen LogP contribution in [0.3, 0.4) is 0 Å². The second-order valence-electron chi connectivity index (χ2n) is 12.8. The molecule has 3 rings (SSSR count). The predicted octanol–water partition coefficient (Wildman–Crippen LogP) is 8.21. The summed E-state index contributed by atoms with van der Waals surface area (Å²) in [6.07, 6.45) is 2.92. The fourth-order valence-electron chi connectivity index (χ4n) is 4.69. The maximum Gasteiger partial charge on any atom is 0.261 e. The average Bonchev–Trinajstić information content (AvgIpc) is 3.25. The van der Waals surface area contributed by atoms with Crippen LogP contribution in [0.4, 0.5) is 0 Å². The van der Waals surface area contributed by atoms with Crippen molar-refractivity contribution in [2.45, 2.75) is 91.1 Å². The molecular weight excluding hydrogens is 519 g/mol. The Kier molecular flexibility index (Phi) is 9.80. The molecule has 0 amide bonds. The van der Waals surface area contributed by atoms with Crippen LogP contribution in [0, 0.1) is 6.92 Å². The molecular formula is C32H47NO2SSi2. The lowest BCUT2D eigenvalue weighted by Gasteiger charge is -2.45. The molecule has 206 valence electrons. The van der Waals surface area contributed by atoms with Crippen LogP contribution >= 0.6 is 11.3 Å². The quantitative estimate of drug-likeness (QED) is 0.232. The molecule has 0 unspecified atom stereocenters. The Balaban J connectivity index is 2.10. The first kappa shape index (κ1) is 30.7. The van der Waals surface area contributed by atoms with E-state index in [9.17, 15) is 0 Å². The summed E-state index contributed by atoms with van der Waals surface area (Å²) in [5.74, 6) is 0. The molecule has 1 heterocycles. The van der Waals surface area contributed by atoms with Crippen molar-refractivity contribution in [1.29, 1.82) is 0 Å². The van der Waals surface area contributed by atoms with Crippen molar-refractivity contribution in [3.8, 4) is 0 Å². The molecule has 0 aliphatic rings. The first-order valence-electron chi connectivity index (χ1n) is 13.7. The third kappa shape index (κ3) is 7.02. The highest BCUT2D eigenvalue weighted by Crippen LogP contribution is 2.40.